The highest BCUT2D eigenvalue weighted by Crippen LogP contribution is 2.19. The molecule has 160 valence electrons. The van der Waals surface area contributed by atoms with Gasteiger partial charge in [0.05, 0.1) is 19.3 Å². The fraction of sp³-hybridized carbons (Fsp3) is 0.700. The molecule has 0 radical (unpaired) electrons. The van der Waals surface area contributed by atoms with E-state index in [9.17, 15) is 0 Å². The van der Waals surface area contributed by atoms with Gasteiger partial charge in [-0.05, 0) is 18.4 Å². The second kappa shape index (κ2) is 15.8. The third-order valence-corrected chi connectivity index (χ3v) is 4.57. The summed E-state index contributed by atoms with van der Waals surface area (Å²) in [5.41, 5.74) is 1.06. The lowest BCUT2D eigenvalue weighted by atomic mass is 10.1. The number of methoxy groups -OCH3 is 1. The van der Waals surface area contributed by atoms with E-state index in [1.54, 1.807) is 20.4 Å². The van der Waals surface area contributed by atoms with Gasteiger partial charge in [0.2, 0.25) is 5.88 Å². The Morgan fingerprint density at radius 3 is 2.54 bits per heavy atom. The zero-order chi connectivity index (χ0) is 19.2. The number of pyridine rings is 1. The van der Waals surface area contributed by atoms with Crippen molar-refractivity contribution in [1.82, 2.24) is 15.6 Å². The molecule has 1 saturated carbocycles. The average molecular weight is 506 g/mol. The van der Waals surface area contributed by atoms with E-state index in [1.807, 2.05) is 12.1 Å². The predicted octanol–water partition coefficient (Wildman–Crippen LogP) is 3.13. The number of rotatable bonds is 10. The van der Waals surface area contributed by atoms with Gasteiger partial charge >= 0.3 is 0 Å². The standard InChI is InChI=1S/C20H34N4O3.HI/c1-21-20(22-11-12-26-18-7-5-3-4-6-8-18)24-16-17-9-10-19(23-15-17)27-14-13-25-2;/h9-10,15,18H,3-8,11-14,16H2,1-2H3,(H2,21,22,24);1H. The van der Waals surface area contributed by atoms with Crippen LogP contribution in [0.15, 0.2) is 23.3 Å². The van der Waals surface area contributed by atoms with Crippen molar-refractivity contribution in [1.29, 1.82) is 0 Å². The van der Waals surface area contributed by atoms with Crippen LogP contribution in [-0.4, -0.2) is 57.6 Å². The highest BCUT2D eigenvalue weighted by molar-refractivity contribution is 14.0. The highest BCUT2D eigenvalue weighted by atomic mass is 127. The van der Waals surface area contributed by atoms with Crippen molar-refractivity contribution in [2.24, 2.45) is 4.99 Å². The van der Waals surface area contributed by atoms with Crippen LogP contribution in [0.25, 0.3) is 0 Å². The number of guanidine groups is 1. The van der Waals surface area contributed by atoms with Crippen LogP contribution in [0.5, 0.6) is 5.88 Å². The molecule has 2 rings (SSSR count). The van der Waals surface area contributed by atoms with E-state index in [4.69, 9.17) is 14.2 Å². The van der Waals surface area contributed by atoms with E-state index >= 15 is 0 Å². The number of halogens is 1. The molecule has 0 saturated heterocycles. The molecule has 1 heterocycles. The maximum absolute atomic E-state index is 6.00. The van der Waals surface area contributed by atoms with Crippen LogP contribution in [0.2, 0.25) is 0 Å². The zero-order valence-corrected chi connectivity index (χ0v) is 19.4. The van der Waals surface area contributed by atoms with Gasteiger partial charge < -0.3 is 24.8 Å². The van der Waals surface area contributed by atoms with E-state index in [-0.39, 0.29) is 24.0 Å². The number of nitrogens with one attached hydrogen (secondary N) is 2. The molecule has 2 N–H and O–H groups in total. The normalized spacial score (nSPS) is 15.4. The van der Waals surface area contributed by atoms with Crippen molar-refractivity contribution in [2.45, 2.75) is 51.2 Å². The minimum Gasteiger partial charge on any atom is -0.475 e. The zero-order valence-electron chi connectivity index (χ0n) is 17.1. The molecule has 0 aromatic carbocycles. The minimum absolute atomic E-state index is 0. The van der Waals surface area contributed by atoms with E-state index in [1.165, 1.54) is 38.5 Å². The number of aliphatic imine (C=N–C) groups is 1. The number of hydrogen-bond donors (Lipinski definition) is 2. The maximum atomic E-state index is 6.00. The van der Waals surface area contributed by atoms with Crippen LogP contribution >= 0.6 is 24.0 Å². The van der Waals surface area contributed by atoms with Crippen LogP contribution in [0.1, 0.15) is 44.1 Å². The lowest BCUT2D eigenvalue weighted by molar-refractivity contribution is 0.0468. The molecule has 1 aliphatic rings. The maximum Gasteiger partial charge on any atom is 0.213 e. The van der Waals surface area contributed by atoms with Gasteiger partial charge in [0, 0.05) is 39.5 Å². The Labute approximate surface area is 186 Å². The van der Waals surface area contributed by atoms with Crippen molar-refractivity contribution in [3.63, 3.8) is 0 Å². The van der Waals surface area contributed by atoms with Gasteiger partial charge in [0.15, 0.2) is 5.96 Å². The SMILES string of the molecule is CN=C(NCCOC1CCCCCC1)NCc1ccc(OCCOC)nc1.I. The molecule has 1 aliphatic carbocycles. The number of aromatic nitrogens is 1. The fourth-order valence-corrected chi connectivity index (χ4v) is 3.04. The minimum atomic E-state index is 0. The number of nitrogens with zero attached hydrogens (tertiary/aromatic N) is 2. The molecule has 8 heteroatoms. The first kappa shape index (κ1) is 24.9. The Morgan fingerprint density at radius 1 is 1.11 bits per heavy atom. The third kappa shape index (κ3) is 10.4. The Balaban J connectivity index is 0.00000392. The molecule has 0 spiro atoms. The third-order valence-electron chi connectivity index (χ3n) is 4.57. The van der Waals surface area contributed by atoms with E-state index in [2.05, 4.69) is 20.6 Å². The van der Waals surface area contributed by atoms with Gasteiger partial charge in [-0.1, -0.05) is 31.7 Å². The van der Waals surface area contributed by atoms with Crippen LogP contribution in [0.3, 0.4) is 0 Å². The summed E-state index contributed by atoms with van der Waals surface area (Å²) in [6, 6.07) is 3.86. The summed E-state index contributed by atoms with van der Waals surface area (Å²) in [5.74, 6) is 1.37. The van der Waals surface area contributed by atoms with E-state index in [0.717, 1.165) is 18.1 Å². The number of ether oxygens (including phenoxy) is 3. The molecule has 1 fully saturated rings. The first-order chi connectivity index (χ1) is 13.3. The van der Waals surface area contributed by atoms with Gasteiger partial charge in [-0.3, -0.25) is 4.99 Å². The molecule has 0 amide bonds. The Kier molecular flexibility index (Phi) is 14.0. The largest absolute Gasteiger partial charge is 0.475 e. The molecule has 28 heavy (non-hydrogen) atoms. The Morgan fingerprint density at radius 2 is 1.89 bits per heavy atom. The second-order valence-corrected chi connectivity index (χ2v) is 6.68. The summed E-state index contributed by atoms with van der Waals surface area (Å²) in [7, 11) is 3.42. The monoisotopic (exact) mass is 506 g/mol. The average Bonchev–Trinajstić information content (AvgIpc) is 2.97. The molecule has 0 aliphatic heterocycles. The van der Waals surface area contributed by atoms with Crippen molar-refractivity contribution < 1.29 is 14.2 Å². The molecule has 1 aromatic heterocycles. The summed E-state index contributed by atoms with van der Waals surface area (Å²) in [4.78, 5) is 8.54. The molecular formula is C20H35IN4O3. The lowest BCUT2D eigenvalue weighted by Crippen LogP contribution is -2.38. The predicted molar refractivity (Wildman–Crippen MR) is 123 cm³/mol. The molecule has 0 bridgehead atoms. The van der Waals surface area contributed by atoms with E-state index in [0.29, 0.717) is 38.3 Å². The second-order valence-electron chi connectivity index (χ2n) is 6.68. The first-order valence-corrected chi connectivity index (χ1v) is 9.94. The number of hydrogen-bond acceptors (Lipinski definition) is 5. The van der Waals surface area contributed by atoms with Crippen molar-refractivity contribution in [3.05, 3.63) is 23.9 Å². The van der Waals surface area contributed by atoms with Crippen molar-refractivity contribution in [3.8, 4) is 5.88 Å². The molecule has 0 atom stereocenters. The van der Waals surface area contributed by atoms with Gasteiger partial charge in [-0.2, -0.15) is 0 Å². The van der Waals surface area contributed by atoms with Gasteiger partial charge in [-0.25, -0.2) is 4.98 Å². The summed E-state index contributed by atoms with van der Waals surface area (Å²) in [6.07, 6.45) is 9.93. The molecule has 7 nitrogen and oxygen atoms in total. The molecular weight excluding hydrogens is 471 g/mol. The van der Waals surface area contributed by atoms with Crippen LogP contribution in [-0.2, 0) is 16.0 Å². The van der Waals surface area contributed by atoms with E-state index < -0.39 is 0 Å². The van der Waals surface area contributed by atoms with Crippen molar-refractivity contribution >= 4 is 29.9 Å². The summed E-state index contributed by atoms with van der Waals surface area (Å²) in [5, 5.41) is 6.58. The molecule has 0 unspecified atom stereocenters. The first-order valence-electron chi connectivity index (χ1n) is 9.94. The highest BCUT2D eigenvalue weighted by Gasteiger charge is 2.12. The van der Waals surface area contributed by atoms with Gasteiger partial charge in [-0.15, -0.1) is 24.0 Å². The fourth-order valence-electron chi connectivity index (χ4n) is 3.04. The summed E-state index contributed by atoms with van der Waals surface area (Å²) >= 11 is 0. The van der Waals surface area contributed by atoms with Gasteiger partial charge in [0.1, 0.15) is 6.61 Å². The summed E-state index contributed by atoms with van der Waals surface area (Å²) < 4.78 is 16.4. The Hall–Kier alpha value is -1.13. The van der Waals surface area contributed by atoms with Crippen molar-refractivity contribution in [2.75, 3.05) is 40.5 Å². The van der Waals surface area contributed by atoms with Crippen LogP contribution < -0.4 is 15.4 Å². The lowest BCUT2D eigenvalue weighted by Gasteiger charge is -2.16. The quantitative estimate of drug-likeness (QED) is 0.167. The van der Waals surface area contributed by atoms with Crippen LogP contribution in [0.4, 0.5) is 0 Å². The Bertz CT molecular complexity index is 535. The van der Waals surface area contributed by atoms with Crippen LogP contribution in [0, 0.1) is 0 Å². The topological polar surface area (TPSA) is 77.0 Å². The van der Waals surface area contributed by atoms with Gasteiger partial charge in [0.25, 0.3) is 0 Å². The summed E-state index contributed by atoms with van der Waals surface area (Å²) in [6.45, 7) is 3.16. The molecule has 1 aromatic rings. The smallest absolute Gasteiger partial charge is 0.213 e.